The summed E-state index contributed by atoms with van der Waals surface area (Å²) in [5.41, 5.74) is 1.28. The number of hydrogen-bond donors (Lipinski definition) is 0. The molecule has 1 saturated carbocycles. The smallest absolute Gasteiger partial charge is 0.248 e. The summed E-state index contributed by atoms with van der Waals surface area (Å²) >= 11 is 0. The monoisotopic (exact) mass is 537 g/mol. The minimum atomic E-state index is -3.68. The molecule has 1 aromatic carbocycles. The summed E-state index contributed by atoms with van der Waals surface area (Å²) in [6, 6.07) is 3.72. The molecular weight excluding hydrogens is 490 g/mol. The number of ether oxygens (including phenoxy) is 2. The third-order valence-corrected chi connectivity index (χ3v) is 10.3. The topological polar surface area (TPSA) is 79.4 Å². The van der Waals surface area contributed by atoms with Gasteiger partial charge < -0.3 is 19.3 Å². The fourth-order valence-electron chi connectivity index (χ4n) is 5.80. The number of hydrogen-bond acceptors (Lipinski definition) is 6. The molecule has 0 bridgehead atoms. The maximum absolute atomic E-state index is 13.1. The van der Waals surface area contributed by atoms with E-state index in [0.29, 0.717) is 21.8 Å². The molecule has 1 aromatic rings. The van der Waals surface area contributed by atoms with Crippen molar-refractivity contribution in [2.24, 2.45) is 5.92 Å². The molecule has 1 heterocycles. The zero-order valence-electron chi connectivity index (χ0n) is 23.5. The standard InChI is InChI=1S/C28H47N3O5S/c1-22-19-26(35-5)20-23(2)28(22)37(33,34)29(3)17-18-36-21-27(32)30(4)25-12-10-24(11-13-25)9-8-16-31-14-6-7-15-31/h19-20,24-25H,6-18,21H2,1-5H3/t24-,25+. The molecule has 0 N–H and O–H groups in total. The number of likely N-dealkylation sites (tertiary alicyclic amines) is 1. The van der Waals surface area contributed by atoms with Crippen LogP contribution in [0.5, 0.6) is 5.75 Å². The average Bonchev–Trinajstić information content (AvgIpc) is 3.39. The molecule has 1 aliphatic heterocycles. The Morgan fingerprint density at radius 1 is 1.05 bits per heavy atom. The van der Waals surface area contributed by atoms with Crippen LogP contribution < -0.4 is 4.74 Å². The summed E-state index contributed by atoms with van der Waals surface area (Å²) < 4.78 is 38.4. The van der Waals surface area contributed by atoms with Crippen molar-refractivity contribution < 1.29 is 22.7 Å². The molecule has 0 atom stereocenters. The number of carbonyl (C=O) groups is 1. The first kappa shape index (κ1) is 29.9. The summed E-state index contributed by atoms with van der Waals surface area (Å²) in [6.45, 7) is 7.63. The Labute approximate surface area is 224 Å². The number of sulfonamides is 1. The van der Waals surface area contributed by atoms with Gasteiger partial charge in [-0.05, 0) is 114 Å². The fraction of sp³-hybridized carbons (Fsp3) is 0.750. The molecule has 2 aliphatic rings. The zero-order valence-corrected chi connectivity index (χ0v) is 24.3. The second-order valence-corrected chi connectivity index (χ2v) is 12.8. The van der Waals surface area contributed by atoms with Crippen molar-refractivity contribution in [2.45, 2.75) is 76.2 Å². The van der Waals surface area contributed by atoms with Crippen LogP contribution in [0.4, 0.5) is 0 Å². The van der Waals surface area contributed by atoms with Gasteiger partial charge in [-0.3, -0.25) is 4.79 Å². The Balaban J connectivity index is 1.36. The highest BCUT2D eigenvalue weighted by Gasteiger charge is 2.28. The van der Waals surface area contributed by atoms with E-state index in [0.717, 1.165) is 18.8 Å². The molecule has 1 saturated heterocycles. The first-order chi connectivity index (χ1) is 17.6. The number of carbonyl (C=O) groups excluding carboxylic acids is 1. The number of benzene rings is 1. The predicted molar refractivity (Wildman–Crippen MR) is 147 cm³/mol. The number of aryl methyl sites for hydroxylation is 2. The molecule has 0 aromatic heterocycles. The van der Waals surface area contributed by atoms with Crippen molar-refractivity contribution >= 4 is 15.9 Å². The third kappa shape index (κ3) is 8.15. The normalized spacial score (nSPS) is 20.9. The highest BCUT2D eigenvalue weighted by Crippen LogP contribution is 2.31. The molecular formula is C28H47N3O5S. The third-order valence-electron chi connectivity index (χ3n) is 8.16. The van der Waals surface area contributed by atoms with E-state index in [1.807, 2.05) is 11.9 Å². The molecule has 0 spiro atoms. The van der Waals surface area contributed by atoms with Crippen molar-refractivity contribution in [1.82, 2.24) is 14.1 Å². The maximum atomic E-state index is 13.1. The molecule has 1 aliphatic carbocycles. The van der Waals surface area contributed by atoms with Crippen LogP contribution in [0.2, 0.25) is 0 Å². The number of methoxy groups -OCH3 is 1. The van der Waals surface area contributed by atoms with Gasteiger partial charge in [0.05, 0.1) is 18.6 Å². The van der Waals surface area contributed by atoms with Gasteiger partial charge in [0, 0.05) is 26.7 Å². The lowest BCUT2D eigenvalue weighted by Gasteiger charge is -2.35. The van der Waals surface area contributed by atoms with Crippen molar-refractivity contribution in [3.8, 4) is 5.75 Å². The Hall–Kier alpha value is -1.68. The maximum Gasteiger partial charge on any atom is 0.248 e. The predicted octanol–water partition coefficient (Wildman–Crippen LogP) is 3.84. The fourth-order valence-corrected chi connectivity index (χ4v) is 7.36. The van der Waals surface area contributed by atoms with E-state index < -0.39 is 10.0 Å². The quantitative estimate of drug-likeness (QED) is 0.356. The summed E-state index contributed by atoms with van der Waals surface area (Å²) in [5, 5.41) is 0. The first-order valence-electron chi connectivity index (χ1n) is 13.8. The second kappa shape index (κ2) is 13.9. The van der Waals surface area contributed by atoms with E-state index in [9.17, 15) is 13.2 Å². The van der Waals surface area contributed by atoms with Gasteiger partial charge in [0.15, 0.2) is 0 Å². The van der Waals surface area contributed by atoms with Gasteiger partial charge in [0.25, 0.3) is 0 Å². The molecule has 9 heteroatoms. The van der Waals surface area contributed by atoms with Crippen LogP contribution in [0.15, 0.2) is 17.0 Å². The lowest BCUT2D eigenvalue weighted by atomic mass is 9.83. The van der Waals surface area contributed by atoms with E-state index in [1.54, 1.807) is 40.1 Å². The van der Waals surface area contributed by atoms with E-state index >= 15 is 0 Å². The van der Waals surface area contributed by atoms with Crippen molar-refractivity contribution in [3.63, 3.8) is 0 Å². The van der Waals surface area contributed by atoms with Crippen molar-refractivity contribution in [3.05, 3.63) is 23.3 Å². The van der Waals surface area contributed by atoms with Gasteiger partial charge in [-0.1, -0.05) is 0 Å². The van der Waals surface area contributed by atoms with E-state index in [1.165, 1.54) is 62.5 Å². The number of likely N-dealkylation sites (N-methyl/N-ethyl adjacent to an activating group) is 2. The lowest BCUT2D eigenvalue weighted by molar-refractivity contribution is -0.137. The molecule has 8 nitrogen and oxygen atoms in total. The van der Waals surface area contributed by atoms with Crippen LogP contribution in [0, 0.1) is 19.8 Å². The molecule has 0 unspecified atom stereocenters. The largest absolute Gasteiger partial charge is 0.497 e. The molecule has 3 rings (SSSR count). The van der Waals surface area contributed by atoms with Crippen molar-refractivity contribution in [1.29, 1.82) is 0 Å². The second-order valence-electron chi connectivity index (χ2n) is 10.8. The first-order valence-corrected chi connectivity index (χ1v) is 15.2. The Morgan fingerprint density at radius 2 is 1.68 bits per heavy atom. The summed E-state index contributed by atoms with van der Waals surface area (Å²) in [6.07, 6.45) is 9.79. The van der Waals surface area contributed by atoms with Gasteiger partial charge in [-0.25, -0.2) is 8.42 Å². The molecule has 0 radical (unpaired) electrons. The summed E-state index contributed by atoms with van der Waals surface area (Å²) in [5.74, 6) is 1.38. The molecule has 210 valence electrons. The minimum absolute atomic E-state index is 0.0270. The van der Waals surface area contributed by atoms with E-state index in [4.69, 9.17) is 9.47 Å². The van der Waals surface area contributed by atoms with E-state index in [-0.39, 0.29) is 31.7 Å². The van der Waals surface area contributed by atoms with Crippen LogP contribution in [0.3, 0.4) is 0 Å². The zero-order chi connectivity index (χ0) is 27.0. The Kier molecular flexibility index (Phi) is 11.2. The van der Waals surface area contributed by atoms with Gasteiger partial charge >= 0.3 is 0 Å². The van der Waals surface area contributed by atoms with E-state index in [2.05, 4.69) is 4.90 Å². The van der Waals surface area contributed by atoms with Crippen LogP contribution >= 0.6 is 0 Å². The average molecular weight is 538 g/mol. The van der Waals surface area contributed by atoms with Gasteiger partial charge in [-0.15, -0.1) is 0 Å². The summed E-state index contributed by atoms with van der Waals surface area (Å²) in [4.78, 5) is 17.4. The molecule has 1 amide bonds. The van der Waals surface area contributed by atoms with Crippen LogP contribution in [0.1, 0.15) is 62.5 Å². The highest BCUT2D eigenvalue weighted by atomic mass is 32.2. The summed E-state index contributed by atoms with van der Waals surface area (Å²) in [7, 11) is 1.30. The van der Waals surface area contributed by atoms with Gasteiger partial charge in [0.1, 0.15) is 12.4 Å². The molecule has 37 heavy (non-hydrogen) atoms. The van der Waals surface area contributed by atoms with Gasteiger partial charge in [0.2, 0.25) is 15.9 Å². The number of amides is 1. The van der Waals surface area contributed by atoms with Crippen LogP contribution in [-0.4, -0.2) is 95.1 Å². The Bertz CT molecular complexity index is 963. The van der Waals surface area contributed by atoms with Crippen LogP contribution in [-0.2, 0) is 19.6 Å². The number of rotatable bonds is 13. The van der Waals surface area contributed by atoms with Crippen molar-refractivity contribution in [2.75, 3.05) is 60.6 Å². The number of nitrogens with zero attached hydrogens (tertiary/aromatic N) is 3. The molecule has 2 fully saturated rings. The van der Waals surface area contributed by atoms with Gasteiger partial charge in [-0.2, -0.15) is 4.31 Å². The minimum Gasteiger partial charge on any atom is -0.497 e. The lowest BCUT2D eigenvalue weighted by Crippen LogP contribution is -2.41. The highest BCUT2D eigenvalue weighted by molar-refractivity contribution is 7.89. The van der Waals surface area contributed by atoms with Crippen LogP contribution in [0.25, 0.3) is 0 Å². The SMILES string of the molecule is COc1cc(C)c(S(=O)(=O)N(C)CCOCC(=O)N(C)[C@H]2CC[C@@H](CCCN3CCCC3)CC2)c(C)c1. The Morgan fingerprint density at radius 3 is 2.27 bits per heavy atom.